The van der Waals surface area contributed by atoms with Crippen LogP contribution in [-0.2, 0) is 29.1 Å². The van der Waals surface area contributed by atoms with E-state index in [1.807, 2.05) is 37.3 Å². The Kier molecular flexibility index (Phi) is 9.58. The fourth-order valence-electron chi connectivity index (χ4n) is 5.57. The summed E-state index contributed by atoms with van der Waals surface area (Å²) in [6.45, 7) is 4.54. The molecule has 1 aliphatic carbocycles. The van der Waals surface area contributed by atoms with Crippen LogP contribution in [-0.4, -0.2) is 28.5 Å². The smallest absolute Gasteiger partial charge is 0.238 e. The molecule has 1 atom stereocenters. The first-order valence-corrected chi connectivity index (χ1v) is 15.9. The summed E-state index contributed by atoms with van der Waals surface area (Å²) in [6, 6.07) is 20.5. The third-order valence-electron chi connectivity index (χ3n) is 7.75. The van der Waals surface area contributed by atoms with E-state index in [1.165, 1.54) is 35.1 Å². The maximum Gasteiger partial charge on any atom is 0.238 e. The molecule has 1 saturated carbocycles. The second-order valence-corrected chi connectivity index (χ2v) is 13.0. The summed E-state index contributed by atoms with van der Waals surface area (Å²) in [6.07, 6.45) is 6.82. The zero-order valence-electron chi connectivity index (χ0n) is 22.9. The van der Waals surface area contributed by atoms with E-state index in [-0.39, 0.29) is 23.0 Å². The van der Waals surface area contributed by atoms with Gasteiger partial charge in [-0.25, -0.2) is 0 Å². The molecule has 6 nitrogen and oxygen atoms in total. The van der Waals surface area contributed by atoms with Crippen LogP contribution in [0.4, 0.5) is 10.7 Å². The van der Waals surface area contributed by atoms with Crippen molar-refractivity contribution in [1.29, 1.82) is 5.26 Å². The third kappa shape index (κ3) is 6.95. The van der Waals surface area contributed by atoms with Gasteiger partial charge in [0.1, 0.15) is 11.1 Å². The first-order valence-electron chi connectivity index (χ1n) is 14.2. The summed E-state index contributed by atoms with van der Waals surface area (Å²) < 4.78 is 0. The molecule has 2 heterocycles. The number of amides is 2. The molecular weight excluding hydrogens is 537 g/mol. The van der Waals surface area contributed by atoms with Gasteiger partial charge in [-0.05, 0) is 55.0 Å². The fraction of sp³-hybridized carbons (Fsp3) is 0.406. The van der Waals surface area contributed by atoms with E-state index < -0.39 is 0 Å². The van der Waals surface area contributed by atoms with E-state index >= 15 is 0 Å². The monoisotopic (exact) mass is 572 g/mol. The Hall–Kier alpha value is -3.12. The molecule has 2 aromatic carbocycles. The van der Waals surface area contributed by atoms with Gasteiger partial charge in [-0.15, -0.1) is 23.1 Å². The first-order chi connectivity index (χ1) is 19.5. The first kappa shape index (κ1) is 28.4. The minimum Gasteiger partial charge on any atom is -0.326 e. The number of hydrogen-bond acceptors (Lipinski definition) is 6. The quantitative estimate of drug-likeness (QED) is 0.265. The molecule has 2 aliphatic rings. The van der Waals surface area contributed by atoms with Crippen molar-refractivity contribution in [3.05, 3.63) is 76.2 Å². The van der Waals surface area contributed by atoms with E-state index in [0.29, 0.717) is 17.0 Å². The van der Waals surface area contributed by atoms with Crippen molar-refractivity contribution < 1.29 is 9.59 Å². The van der Waals surface area contributed by atoms with E-state index in [0.717, 1.165) is 72.8 Å². The lowest BCUT2D eigenvalue weighted by atomic mass is 9.88. The van der Waals surface area contributed by atoms with Crippen LogP contribution in [0.3, 0.4) is 0 Å². The SMILES string of the molecule is CCC(Sc1cccc(NC(=O)C2CCCCC2)c1)C(=O)Nc1sc2c(c1C#N)CCN(Cc1ccccc1)C2. The molecule has 0 saturated heterocycles. The number of thiophene rings is 1. The number of anilines is 2. The fourth-order valence-corrected chi connectivity index (χ4v) is 7.83. The number of carbonyl (C=O) groups is 2. The number of rotatable bonds is 9. The lowest BCUT2D eigenvalue weighted by Gasteiger charge is -2.26. The lowest BCUT2D eigenvalue weighted by Crippen LogP contribution is -2.29. The number of benzene rings is 2. The summed E-state index contributed by atoms with van der Waals surface area (Å²) >= 11 is 3.03. The number of nitriles is 1. The van der Waals surface area contributed by atoms with E-state index in [1.54, 1.807) is 0 Å². The average Bonchev–Trinajstić information content (AvgIpc) is 3.33. The van der Waals surface area contributed by atoms with E-state index in [9.17, 15) is 14.9 Å². The van der Waals surface area contributed by atoms with Crippen molar-refractivity contribution in [3.63, 3.8) is 0 Å². The number of fused-ring (bicyclic) bond motifs is 1. The standard InChI is InChI=1S/C32H36N4O2S2/c1-2-28(39-25-15-9-14-24(18-25)34-30(37)23-12-7-4-8-13-23)31(38)35-32-27(19-33)26-16-17-36(21-29(26)40-32)20-22-10-5-3-6-11-22/h3,5-6,9-11,14-15,18,23,28H,2,4,7-8,12-13,16-17,20-21H2,1H3,(H,34,37)(H,35,38). The average molecular weight is 573 g/mol. The Morgan fingerprint density at radius 3 is 2.65 bits per heavy atom. The molecule has 3 aromatic rings. The van der Waals surface area contributed by atoms with Crippen molar-refractivity contribution in [2.75, 3.05) is 17.2 Å². The van der Waals surface area contributed by atoms with Gasteiger partial charge >= 0.3 is 0 Å². The Morgan fingerprint density at radius 2 is 1.90 bits per heavy atom. The van der Waals surface area contributed by atoms with Gasteiger partial charge in [-0.3, -0.25) is 14.5 Å². The van der Waals surface area contributed by atoms with Crippen LogP contribution in [0.1, 0.15) is 67.0 Å². The zero-order valence-corrected chi connectivity index (χ0v) is 24.6. The molecule has 2 N–H and O–H groups in total. The van der Waals surface area contributed by atoms with Crippen LogP contribution in [0.15, 0.2) is 59.5 Å². The van der Waals surface area contributed by atoms with Crippen LogP contribution < -0.4 is 10.6 Å². The summed E-state index contributed by atoms with van der Waals surface area (Å²) in [4.78, 5) is 30.6. The molecule has 1 aliphatic heterocycles. The summed E-state index contributed by atoms with van der Waals surface area (Å²) in [5.41, 5.74) is 3.74. The molecule has 2 amide bonds. The molecule has 0 bridgehead atoms. The Labute approximate surface area is 245 Å². The highest BCUT2D eigenvalue weighted by Gasteiger charge is 2.27. The molecule has 1 aromatic heterocycles. The Morgan fingerprint density at radius 1 is 1.10 bits per heavy atom. The van der Waals surface area contributed by atoms with Gasteiger partial charge in [0.05, 0.1) is 10.8 Å². The number of nitrogens with one attached hydrogen (secondary N) is 2. The van der Waals surface area contributed by atoms with Crippen LogP contribution in [0.25, 0.3) is 0 Å². The molecule has 0 radical (unpaired) electrons. The van der Waals surface area contributed by atoms with Crippen molar-refractivity contribution in [2.24, 2.45) is 5.92 Å². The predicted molar refractivity (Wildman–Crippen MR) is 164 cm³/mol. The lowest BCUT2D eigenvalue weighted by molar-refractivity contribution is -0.120. The normalized spacial score (nSPS) is 16.5. The van der Waals surface area contributed by atoms with Gasteiger partial charge in [-0.1, -0.05) is 62.6 Å². The highest BCUT2D eigenvalue weighted by molar-refractivity contribution is 8.00. The summed E-state index contributed by atoms with van der Waals surface area (Å²) in [5, 5.41) is 16.5. The molecule has 208 valence electrons. The second kappa shape index (κ2) is 13.5. The predicted octanol–water partition coefficient (Wildman–Crippen LogP) is 7.21. The third-order valence-corrected chi connectivity index (χ3v) is 10.2. The number of thioether (sulfide) groups is 1. The molecule has 40 heavy (non-hydrogen) atoms. The van der Waals surface area contributed by atoms with E-state index in [2.05, 4.69) is 45.9 Å². The van der Waals surface area contributed by atoms with Crippen molar-refractivity contribution in [3.8, 4) is 6.07 Å². The highest BCUT2D eigenvalue weighted by atomic mass is 32.2. The Bertz CT molecular complexity index is 1380. The number of hydrogen-bond donors (Lipinski definition) is 2. The largest absolute Gasteiger partial charge is 0.326 e. The molecule has 8 heteroatoms. The van der Waals surface area contributed by atoms with E-state index in [4.69, 9.17) is 0 Å². The summed E-state index contributed by atoms with van der Waals surface area (Å²) in [7, 11) is 0. The molecule has 0 spiro atoms. The highest BCUT2D eigenvalue weighted by Crippen LogP contribution is 2.38. The van der Waals surface area contributed by atoms with Crippen molar-refractivity contribution in [1.82, 2.24) is 4.90 Å². The van der Waals surface area contributed by atoms with Gasteiger partial charge in [0.15, 0.2) is 0 Å². The van der Waals surface area contributed by atoms with Gasteiger partial charge < -0.3 is 10.6 Å². The van der Waals surface area contributed by atoms with Crippen LogP contribution in [0.2, 0.25) is 0 Å². The number of nitrogens with zero attached hydrogens (tertiary/aromatic N) is 2. The van der Waals surface area contributed by atoms with Crippen LogP contribution in [0, 0.1) is 17.2 Å². The molecular formula is C32H36N4O2S2. The van der Waals surface area contributed by atoms with Gasteiger partial charge in [0.2, 0.25) is 11.8 Å². The maximum absolute atomic E-state index is 13.4. The zero-order chi connectivity index (χ0) is 27.9. The van der Waals surface area contributed by atoms with Crippen LogP contribution >= 0.6 is 23.1 Å². The minimum absolute atomic E-state index is 0.0931. The topological polar surface area (TPSA) is 85.2 Å². The summed E-state index contributed by atoms with van der Waals surface area (Å²) in [5.74, 6) is 0.0932. The molecule has 1 fully saturated rings. The van der Waals surface area contributed by atoms with Gasteiger partial charge in [0, 0.05) is 41.0 Å². The Balaban J connectivity index is 1.22. The molecule has 5 rings (SSSR count). The van der Waals surface area contributed by atoms with Gasteiger partial charge in [0.25, 0.3) is 0 Å². The van der Waals surface area contributed by atoms with Gasteiger partial charge in [-0.2, -0.15) is 5.26 Å². The minimum atomic E-state index is -0.315. The molecule has 1 unspecified atom stereocenters. The maximum atomic E-state index is 13.4. The van der Waals surface area contributed by atoms with Crippen molar-refractivity contribution in [2.45, 2.75) is 75.1 Å². The second-order valence-electron chi connectivity index (χ2n) is 10.6. The van der Waals surface area contributed by atoms with Crippen LogP contribution in [0.5, 0.6) is 0 Å². The number of carbonyl (C=O) groups excluding carboxylic acids is 2. The van der Waals surface area contributed by atoms with Crippen molar-refractivity contribution >= 4 is 45.6 Å².